The summed E-state index contributed by atoms with van der Waals surface area (Å²) >= 11 is 0. The van der Waals surface area contributed by atoms with E-state index in [2.05, 4.69) is 4.98 Å². The first-order valence-corrected chi connectivity index (χ1v) is 9.06. The molecule has 2 heterocycles. The van der Waals surface area contributed by atoms with Crippen LogP contribution in [0, 0.1) is 42.4 Å². The zero-order chi connectivity index (χ0) is 17.0. The summed E-state index contributed by atoms with van der Waals surface area (Å²) in [4.78, 5) is 42.1. The van der Waals surface area contributed by atoms with Crippen LogP contribution in [0.4, 0.5) is 5.69 Å². The second kappa shape index (κ2) is 4.21. The van der Waals surface area contributed by atoms with Crippen molar-refractivity contribution in [3.63, 3.8) is 0 Å². The zero-order valence-corrected chi connectivity index (χ0v) is 13.9. The van der Waals surface area contributed by atoms with Gasteiger partial charge >= 0.3 is 0 Å². The SMILES string of the molecule is Cc1cc(=O)[nH]c2cc(N3C(=O)C4C5CC(C6CC65)C4C3=O)ccc12. The lowest BCUT2D eigenvalue weighted by Crippen LogP contribution is -2.33. The van der Waals surface area contributed by atoms with Crippen LogP contribution in [-0.2, 0) is 9.59 Å². The van der Waals surface area contributed by atoms with E-state index < -0.39 is 0 Å². The first-order valence-electron chi connectivity index (χ1n) is 9.06. The summed E-state index contributed by atoms with van der Waals surface area (Å²) < 4.78 is 0. The summed E-state index contributed by atoms with van der Waals surface area (Å²) in [5.74, 6) is 1.97. The van der Waals surface area contributed by atoms with Gasteiger partial charge in [0.2, 0.25) is 17.4 Å². The Bertz CT molecular complexity index is 1010. The van der Waals surface area contributed by atoms with Crippen LogP contribution in [-0.4, -0.2) is 16.8 Å². The summed E-state index contributed by atoms with van der Waals surface area (Å²) in [6.45, 7) is 1.89. The lowest BCUT2D eigenvalue weighted by molar-refractivity contribution is -0.123. The normalized spacial score (nSPS) is 37.7. The fraction of sp³-hybridized carbons (Fsp3) is 0.450. The van der Waals surface area contributed by atoms with Gasteiger partial charge < -0.3 is 4.98 Å². The Hall–Kier alpha value is -2.43. The van der Waals surface area contributed by atoms with Crippen LogP contribution < -0.4 is 10.5 Å². The van der Waals surface area contributed by atoms with Crippen LogP contribution in [0.1, 0.15) is 18.4 Å². The molecule has 6 atom stereocenters. The van der Waals surface area contributed by atoms with Crippen molar-refractivity contribution in [1.82, 2.24) is 4.98 Å². The van der Waals surface area contributed by atoms with E-state index in [9.17, 15) is 14.4 Å². The third-order valence-corrected chi connectivity index (χ3v) is 7.15. The molecule has 3 saturated carbocycles. The van der Waals surface area contributed by atoms with Crippen molar-refractivity contribution < 1.29 is 9.59 Å². The number of pyridine rings is 1. The number of nitrogens with one attached hydrogen (secondary N) is 1. The van der Waals surface area contributed by atoms with Gasteiger partial charge in [-0.25, -0.2) is 4.90 Å². The van der Waals surface area contributed by atoms with Crippen molar-refractivity contribution in [2.75, 3.05) is 4.90 Å². The molecule has 25 heavy (non-hydrogen) atoms. The number of aryl methyl sites for hydroxylation is 1. The lowest BCUT2D eigenvalue weighted by Gasteiger charge is -2.18. The predicted molar refractivity (Wildman–Crippen MR) is 92.0 cm³/mol. The maximum Gasteiger partial charge on any atom is 0.248 e. The van der Waals surface area contributed by atoms with E-state index in [1.165, 1.54) is 11.3 Å². The number of anilines is 1. The Morgan fingerprint density at radius 3 is 2.24 bits per heavy atom. The van der Waals surface area contributed by atoms with Gasteiger partial charge in [0.15, 0.2) is 0 Å². The highest BCUT2D eigenvalue weighted by molar-refractivity contribution is 6.23. The van der Waals surface area contributed by atoms with Crippen molar-refractivity contribution in [3.05, 3.63) is 40.2 Å². The number of fused-ring (bicyclic) bond motifs is 9. The Labute approximate surface area is 144 Å². The molecule has 6 unspecified atom stereocenters. The molecule has 1 aliphatic heterocycles. The number of hydrogen-bond donors (Lipinski definition) is 1. The number of nitrogens with zero attached hydrogens (tertiary/aromatic N) is 1. The summed E-state index contributed by atoms with van der Waals surface area (Å²) in [7, 11) is 0. The average Bonchev–Trinajstić information content (AvgIpc) is 3.08. The Balaban J connectivity index is 1.46. The summed E-state index contributed by atoms with van der Waals surface area (Å²) in [5.41, 5.74) is 1.98. The molecule has 2 aromatic rings. The number of imide groups is 1. The van der Waals surface area contributed by atoms with E-state index in [-0.39, 0.29) is 29.2 Å². The summed E-state index contributed by atoms with van der Waals surface area (Å²) in [5, 5.41) is 0.934. The van der Waals surface area contributed by atoms with E-state index in [1.54, 1.807) is 12.1 Å². The number of aromatic nitrogens is 1. The Kier molecular flexibility index (Phi) is 2.33. The quantitative estimate of drug-likeness (QED) is 0.813. The van der Waals surface area contributed by atoms with Crippen LogP contribution in [0.3, 0.4) is 0 Å². The van der Waals surface area contributed by atoms with E-state index in [4.69, 9.17) is 0 Å². The first-order chi connectivity index (χ1) is 12.0. The highest BCUT2D eigenvalue weighted by Gasteiger charge is 2.71. The Morgan fingerprint density at radius 1 is 0.920 bits per heavy atom. The van der Waals surface area contributed by atoms with Gasteiger partial charge in [-0.05, 0) is 61.1 Å². The number of carbonyl (C=O) groups is 2. The highest BCUT2D eigenvalue weighted by Crippen LogP contribution is 2.71. The minimum absolute atomic E-state index is 0.0257. The molecule has 1 aromatic heterocycles. The maximum absolute atomic E-state index is 13.1. The van der Waals surface area contributed by atoms with Crippen molar-refractivity contribution >= 4 is 28.4 Å². The number of aromatic amines is 1. The molecule has 5 heteroatoms. The molecule has 2 amide bonds. The third-order valence-electron chi connectivity index (χ3n) is 7.15. The second-order valence-corrected chi connectivity index (χ2v) is 8.24. The topological polar surface area (TPSA) is 70.2 Å². The van der Waals surface area contributed by atoms with Crippen LogP contribution >= 0.6 is 0 Å². The largest absolute Gasteiger partial charge is 0.322 e. The number of carbonyl (C=O) groups excluding carboxylic acids is 2. The molecule has 4 aliphatic rings. The number of rotatable bonds is 1. The minimum Gasteiger partial charge on any atom is -0.322 e. The van der Waals surface area contributed by atoms with Gasteiger partial charge in [0.05, 0.1) is 23.0 Å². The summed E-state index contributed by atoms with van der Waals surface area (Å²) in [6.07, 6.45) is 2.29. The van der Waals surface area contributed by atoms with Crippen molar-refractivity contribution in [2.45, 2.75) is 19.8 Å². The van der Waals surface area contributed by atoms with E-state index in [1.807, 2.05) is 19.1 Å². The van der Waals surface area contributed by atoms with E-state index in [0.717, 1.165) is 17.4 Å². The second-order valence-electron chi connectivity index (χ2n) is 8.24. The standard InChI is InChI=1S/C20H18N2O3/c1-8-4-16(23)21-15-5-9(2-3-10(8)15)22-19(24)17-13-7-14(12-6-11(12)13)18(17)20(22)25/h2-5,11-14,17-18H,6-7H2,1H3,(H,21,23). The molecule has 3 aliphatic carbocycles. The number of H-pyrrole nitrogens is 1. The van der Waals surface area contributed by atoms with Crippen molar-refractivity contribution in [3.8, 4) is 0 Å². The maximum atomic E-state index is 13.1. The van der Waals surface area contributed by atoms with Crippen LogP contribution in [0.2, 0.25) is 0 Å². The number of benzene rings is 1. The molecule has 1 aromatic carbocycles. The smallest absolute Gasteiger partial charge is 0.248 e. The summed E-state index contributed by atoms with van der Waals surface area (Å²) in [6, 6.07) is 7.04. The van der Waals surface area contributed by atoms with Crippen molar-refractivity contribution in [1.29, 1.82) is 0 Å². The monoisotopic (exact) mass is 334 g/mol. The van der Waals surface area contributed by atoms with E-state index >= 15 is 0 Å². The van der Waals surface area contributed by atoms with Gasteiger partial charge in [0, 0.05) is 11.5 Å². The molecule has 1 saturated heterocycles. The molecular weight excluding hydrogens is 316 g/mol. The molecule has 126 valence electrons. The minimum atomic E-state index is -0.170. The van der Waals surface area contributed by atoms with Gasteiger partial charge in [-0.3, -0.25) is 14.4 Å². The van der Waals surface area contributed by atoms with Crippen molar-refractivity contribution in [2.24, 2.45) is 35.5 Å². The Morgan fingerprint density at radius 2 is 1.56 bits per heavy atom. The zero-order valence-electron chi connectivity index (χ0n) is 13.9. The third kappa shape index (κ3) is 1.57. The van der Waals surface area contributed by atoms with Gasteiger partial charge in [0.25, 0.3) is 0 Å². The molecule has 0 radical (unpaired) electrons. The molecule has 0 spiro atoms. The lowest BCUT2D eigenvalue weighted by atomic mass is 9.81. The fourth-order valence-corrected chi connectivity index (χ4v) is 6.14. The molecule has 6 rings (SSSR count). The highest BCUT2D eigenvalue weighted by atomic mass is 16.2. The molecule has 2 bridgehead atoms. The average molecular weight is 334 g/mol. The number of hydrogen-bond acceptors (Lipinski definition) is 3. The van der Waals surface area contributed by atoms with Crippen LogP contribution in [0.15, 0.2) is 29.1 Å². The first kappa shape index (κ1) is 13.8. The van der Waals surface area contributed by atoms with Gasteiger partial charge in [-0.2, -0.15) is 0 Å². The number of amides is 2. The fourth-order valence-electron chi connectivity index (χ4n) is 6.14. The molecule has 4 fully saturated rings. The van der Waals surface area contributed by atoms with E-state index in [0.29, 0.717) is 34.9 Å². The van der Waals surface area contributed by atoms with Crippen LogP contribution in [0.25, 0.3) is 10.9 Å². The molecule has 1 N–H and O–H groups in total. The predicted octanol–water partition coefficient (Wildman–Crippen LogP) is 2.23. The van der Waals surface area contributed by atoms with Gasteiger partial charge in [-0.15, -0.1) is 0 Å². The van der Waals surface area contributed by atoms with Gasteiger partial charge in [0.1, 0.15) is 0 Å². The molecule has 5 nitrogen and oxygen atoms in total. The van der Waals surface area contributed by atoms with Crippen LogP contribution in [0.5, 0.6) is 0 Å². The molecular formula is C20H18N2O3. The van der Waals surface area contributed by atoms with Gasteiger partial charge in [-0.1, -0.05) is 6.07 Å².